The molecular formula is C8H12N4O2. The van der Waals surface area contributed by atoms with E-state index in [0.29, 0.717) is 25.9 Å². The maximum Gasteiger partial charge on any atom is 0.331 e. The van der Waals surface area contributed by atoms with E-state index in [1.165, 1.54) is 17.3 Å². The van der Waals surface area contributed by atoms with Crippen molar-refractivity contribution in [2.45, 2.75) is 18.4 Å². The molecule has 0 aliphatic carbocycles. The Hall–Kier alpha value is -1.43. The summed E-state index contributed by atoms with van der Waals surface area (Å²) in [6.07, 6.45) is 3.93. The molecule has 76 valence electrons. The highest BCUT2D eigenvalue weighted by molar-refractivity contribution is 5.76. The minimum absolute atomic E-state index is 0.547. The van der Waals surface area contributed by atoms with Crippen molar-refractivity contribution in [2.75, 3.05) is 13.1 Å². The molecule has 1 aromatic heterocycles. The average molecular weight is 196 g/mol. The summed E-state index contributed by atoms with van der Waals surface area (Å²) in [5.74, 6) is -0.829. The summed E-state index contributed by atoms with van der Waals surface area (Å²) < 4.78 is 1.45. The van der Waals surface area contributed by atoms with Gasteiger partial charge in [0.2, 0.25) is 0 Å². The van der Waals surface area contributed by atoms with Crippen LogP contribution in [0.4, 0.5) is 0 Å². The number of rotatable bonds is 2. The van der Waals surface area contributed by atoms with Gasteiger partial charge in [0.15, 0.2) is 5.54 Å². The van der Waals surface area contributed by atoms with Crippen molar-refractivity contribution in [3.63, 3.8) is 0 Å². The van der Waals surface area contributed by atoms with Crippen molar-refractivity contribution in [3.8, 4) is 0 Å². The van der Waals surface area contributed by atoms with E-state index in [0.717, 1.165) is 0 Å². The molecule has 0 unspecified atom stereocenters. The third kappa shape index (κ3) is 1.27. The Morgan fingerprint density at radius 3 is 2.71 bits per heavy atom. The lowest BCUT2D eigenvalue weighted by molar-refractivity contribution is -0.149. The molecule has 0 amide bonds. The van der Waals surface area contributed by atoms with E-state index in [1.807, 2.05) is 0 Å². The van der Waals surface area contributed by atoms with Crippen LogP contribution in [-0.4, -0.2) is 38.9 Å². The van der Waals surface area contributed by atoms with Crippen LogP contribution in [0.1, 0.15) is 12.8 Å². The number of hydrogen-bond acceptors (Lipinski definition) is 4. The first kappa shape index (κ1) is 9.14. The molecule has 0 spiro atoms. The van der Waals surface area contributed by atoms with Gasteiger partial charge in [-0.25, -0.2) is 14.5 Å². The molecule has 6 heteroatoms. The van der Waals surface area contributed by atoms with Gasteiger partial charge in [-0.1, -0.05) is 0 Å². The van der Waals surface area contributed by atoms with Gasteiger partial charge in [0, 0.05) is 0 Å². The first-order valence-corrected chi connectivity index (χ1v) is 4.55. The maximum atomic E-state index is 11.3. The summed E-state index contributed by atoms with van der Waals surface area (Å²) in [4.78, 5) is 15.1. The zero-order chi connectivity index (χ0) is 10.0. The number of nitrogens with one attached hydrogen (secondary N) is 1. The molecule has 1 aliphatic rings. The number of nitrogens with zero attached hydrogens (tertiary/aromatic N) is 3. The Kier molecular flexibility index (Phi) is 2.20. The highest BCUT2D eigenvalue weighted by Gasteiger charge is 2.42. The van der Waals surface area contributed by atoms with E-state index < -0.39 is 11.5 Å². The number of carboxylic acids is 1. The lowest BCUT2D eigenvalue weighted by Crippen LogP contribution is -2.50. The van der Waals surface area contributed by atoms with E-state index in [-0.39, 0.29) is 0 Å². The van der Waals surface area contributed by atoms with E-state index >= 15 is 0 Å². The molecule has 0 atom stereocenters. The Balaban J connectivity index is 2.35. The fraction of sp³-hybridized carbons (Fsp3) is 0.625. The summed E-state index contributed by atoms with van der Waals surface area (Å²) in [6, 6.07) is 0. The van der Waals surface area contributed by atoms with Crippen LogP contribution in [0.15, 0.2) is 12.7 Å². The molecule has 0 aromatic carbocycles. The SMILES string of the molecule is O=C(O)C1(n2cncn2)CCNCC1. The molecule has 2 heterocycles. The molecule has 14 heavy (non-hydrogen) atoms. The first-order valence-electron chi connectivity index (χ1n) is 4.55. The smallest absolute Gasteiger partial charge is 0.331 e. The molecular weight excluding hydrogens is 184 g/mol. The summed E-state index contributed by atoms with van der Waals surface area (Å²) in [6.45, 7) is 1.40. The monoisotopic (exact) mass is 196 g/mol. The second kappa shape index (κ2) is 3.38. The molecule has 0 bridgehead atoms. The van der Waals surface area contributed by atoms with Crippen LogP contribution in [0.3, 0.4) is 0 Å². The van der Waals surface area contributed by atoms with E-state index in [9.17, 15) is 9.90 Å². The third-order valence-corrected chi connectivity index (χ3v) is 2.69. The Bertz CT molecular complexity index is 316. The highest BCUT2D eigenvalue weighted by atomic mass is 16.4. The topological polar surface area (TPSA) is 80.0 Å². The van der Waals surface area contributed by atoms with Crippen LogP contribution in [0, 0.1) is 0 Å². The summed E-state index contributed by atoms with van der Waals surface area (Å²) in [5, 5.41) is 16.3. The van der Waals surface area contributed by atoms with E-state index in [4.69, 9.17) is 0 Å². The van der Waals surface area contributed by atoms with Crippen LogP contribution < -0.4 is 5.32 Å². The van der Waals surface area contributed by atoms with Gasteiger partial charge >= 0.3 is 5.97 Å². The average Bonchev–Trinajstić information content (AvgIpc) is 2.72. The van der Waals surface area contributed by atoms with Gasteiger partial charge in [-0.3, -0.25) is 0 Å². The predicted molar refractivity (Wildman–Crippen MR) is 47.7 cm³/mol. The minimum Gasteiger partial charge on any atom is -0.479 e. The van der Waals surface area contributed by atoms with Crippen LogP contribution >= 0.6 is 0 Å². The largest absolute Gasteiger partial charge is 0.479 e. The highest BCUT2D eigenvalue weighted by Crippen LogP contribution is 2.26. The van der Waals surface area contributed by atoms with Gasteiger partial charge in [-0.05, 0) is 25.9 Å². The minimum atomic E-state index is -0.901. The molecule has 1 saturated heterocycles. The molecule has 0 saturated carbocycles. The Morgan fingerprint density at radius 1 is 1.50 bits per heavy atom. The lowest BCUT2D eigenvalue weighted by atomic mass is 9.89. The van der Waals surface area contributed by atoms with Crippen molar-refractivity contribution in [2.24, 2.45) is 0 Å². The fourth-order valence-electron chi connectivity index (χ4n) is 1.81. The zero-order valence-electron chi connectivity index (χ0n) is 7.68. The number of aliphatic carboxylic acids is 1. The van der Waals surface area contributed by atoms with Crippen molar-refractivity contribution in [1.82, 2.24) is 20.1 Å². The number of carboxylic acid groups (broad SMARTS) is 1. The normalized spacial score (nSPS) is 20.6. The summed E-state index contributed by atoms with van der Waals surface area (Å²) in [7, 11) is 0. The molecule has 1 aliphatic heterocycles. The van der Waals surface area contributed by atoms with Crippen molar-refractivity contribution in [3.05, 3.63) is 12.7 Å². The maximum absolute atomic E-state index is 11.3. The van der Waals surface area contributed by atoms with Crippen LogP contribution in [0.25, 0.3) is 0 Å². The Labute approximate surface area is 80.9 Å². The molecule has 2 N–H and O–H groups in total. The lowest BCUT2D eigenvalue weighted by Gasteiger charge is -2.33. The summed E-state index contributed by atoms with van der Waals surface area (Å²) >= 11 is 0. The second-order valence-electron chi connectivity index (χ2n) is 3.43. The molecule has 2 rings (SSSR count). The first-order chi connectivity index (χ1) is 6.76. The fourth-order valence-corrected chi connectivity index (χ4v) is 1.81. The van der Waals surface area contributed by atoms with Gasteiger partial charge in [0.05, 0.1) is 0 Å². The van der Waals surface area contributed by atoms with Gasteiger partial charge in [0.25, 0.3) is 0 Å². The third-order valence-electron chi connectivity index (χ3n) is 2.69. The van der Waals surface area contributed by atoms with Crippen LogP contribution in [0.5, 0.6) is 0 Å². The molecule has 1 fully saturated rings. The molecule has 1 aromatic rings. The zero-order valence-corrected chi connectivity index (χ0v) is 7.68. The number of aromatic nitrogens is 3. The van der Waals surface area contributed by atoms with Gasteiger partial charge in [0.1, 0.15) is 12.7 Å². The molecule has 0 radical (unpaired) electrons. The standard InChI is InChI=1S/C8H12N4O2/c13-7(14)8(1-3-9-4-2-8)12-6-10-5-11-12/h5-6,9H,1-4H2,(H,13,14). The predicted octanol–water partition coefficient (Wildman–Crippen LogP) is -0.559. The number of hydrogen-bond donors (Lipinski definition) is 2. The van der Waals surface area contributed by atoms with Crippen LogP contribution in [0.2, 0.25) is 0 Å². The molecule has 6 nitrogen and oxygen atoms in total. The van der Waals surface area contributed by atoms with Crippen LogP contribution in [-0.2, 0) is 10.3 Å². The van der Waals surface area contributed by atoms with Crippen molar-refractivity contribution < 1.29 is 9.90 Å². The number of piperidine rings is 1. The Morgan fingerprint density at radius 2 is 2.21 bits per heavy atom. The van der Waals surface area contributed by atoms with Crippen molar-refractivity contribution >= 4 is 5.97 Å². The second-order valence-corrected chi connectivity index (χ2v) is 3.43. The van der Waals surface area contributed by atoms with Crippen molar-refractivity contribution in [1.29, 1.82) is 0 Å². The van der Waals surface area contributed by atoms with Gasteiger partial charge < -0.3 is 10.4 Å². The van der Waals surface area contributed by atoms with E-state index in [1.54, 1.807) is 0 Å². The number of carbonyl (C=O) groups is 1. The van der Waals surface area contributed by atoms with E-state index in [2.05, 4.69) is 15.4 Å². The quantitative estimate of drug-likeness (QED) is 0.663. The summed E-state index contributed by atoms with van der Waals surface area (Å²) in [5.41, 5.74) is -0.901. The van der Waals surface area contributed by atoms with Gasteiger partial charge in [-0.15, -0.1) is 0 Å². The van der Waals surface area contributed by atoms with Gasteiger partial charge in [-0.2, -0.15) is 5.10 Å².